The normalized spacial score (nSPS) is 21.6. The minimum absolute atomic E-state index is 0.575. The van der Waals surface area contributed by atoms with Crippen LogP contribution in [0.4, 0.5) is 0 Å². The van der Waals surface area contributed by atoms with E-state index in [0.29, 0.717) is 6.04 Å². The minimum atomic E-state index is 0.575. The molecule has 2 heteroatoms. The van der Waals surface area contributed by atoms with Gasteiger partial charge < -0.3 is 5.32 Å². The molecule has 0 amide bonds. The molecule has 0 saturated carbocycles. The second kappa shape index (κ2) is 5.13. The van der Waals surface area contributed by atoms with Gasteiger partial charge in [0.15, 0.2) is 0 Å². The zero-order chi connectivity index (χ0) is 10.7. The predicted molar refractivity (Wildman–Crippen MR) is 68.1 cm³/mol. The summed E-state index contributed by atoms with van der Waals surface area (Å²) >= 11 is 3.56. The molecule has 1 aliphatic heterocycles. The first-order valence-electron chi connectivity index (χ1n) is 5.83. The van der Waals surface area contributed by atoms with E-state index in [1.807, 2.05) is 0 Å². The lowest BCUT2D eigenvalue weighted by atomic mass is 9.93. The van der Waals surface area contributed by atoms with Gasteiger partial charge >= 0.3 is 0 Å². The molecular formula is C13H18BrN. The summed E-state index contributed by atoms with van der Waals surface area (Å²) in [6.45, 7) is 3.40. The Morgan fingerprint density at radius 1 is 1.40 bits per heavy atom. The monoisotopic (exact) mass is 267 g/mol. The molecule has 0 spiro atoms. The van der Waals surface area contributed by atoms with Crippen LogP contribution in [0.5, 0.6) is 0 Å². The molecule has 1 aromatic rings. The van der Waals surface area contributed by atoms with Gasteiger partial charge in [0.05, 0.1) is 0 Å². The van der Waals surface area contributed by atoms with Crippen molar-refractivity contribution in [3.05, 3.63) is 33.8 Å². The summed E-state index contributed by atoms with van der Waals surface area (Å²) in [5.74, 6) is 0. The molecule has 15 heavy (non-hydrogen) atoms. The number of benzene rings is 1. The quantitative estimate of drug-likeness (QED) is 0.859. The average molecular weight is 268 g/mol. The Morgan fingerprint density at radius 3 is 2.93 bits per heavy atom. The highest BCUT2D eigenvalue weighted by Gasteiger charge is 2.17. The summed E-state index contributed by atoms with van der Waals surface area (Å²) in [5, 5.41) is 3.62. The standard InChI is InChI=1S/C13H18BrN/c1-2-10-6-7-11(14)9-12(10)13-5-3-4-8-15-13/h6-7,9,13,15H,2-5,8H2,1H3. The Balaban J connectivity index is 2.27. The zero-order valence-corrected chi connectivity index (χ0v) is 10.8. The molecule has 1 saturated heterocycles. The van der Waals surface area contributed by atoms with Crippen LogP contribution in [0.15, 0.2) is 22.7 Å². The molecular weight excluding hydrogens is 250 g/mol. The average Bonchev–Trinajstić information content (AvgIpc) is 2.30. The summed E-state index contributed by atoms with van der Waals surface area (Å²) < 4.78 is 1.20. The number of piperidine rings is 1. The molecule has 0 aliphatic carbocycles. The molecule has 82 valence electrons. The van der Waals surface area contributed by atoms with Crippen LogP contribution in [0.2, 0.25) is 0 Å². The highest BCUT2D eigenvalue weighted by atomic mass is 79.9. The van der Waals surface area contributed by atoms with Gasteiger partial charge in [-0.15, -0.1) is 0 Å². The summed E-state index contributed by atoms with van der Waals surface area (Å²) in [7, 11) is 0. The van der Waals surface area contributed by atoms with E-state index in [2.05, 4.69) is 46.4 Å². The van der Waals surface area contributed by atoms with Crippen molar-refractivity contribution in [3.8, 4) is 0 Å². The van der Waals surface area contributed by atoms with Crippen LogP contribution in [0, 0.1) is 0 Å². The van der Waals surface area contributed by atoms with Crippen molar-refractivity contribution in [2.75, 3.05) is 6.54 Å². The van der Waals surface area contributed by atoms with E-state index in [9.17, 15) is 0 Å². The van der Waals surface area contributed by atoms with Crippen LogP contribution >= 0.6 is 15.9 Å². The second-order valence-corrected chi connectivity index (χ2v) is 5.11. The summed E-state index contributed by atoms with van der Waals surface area (Å²) in [6.07, 6.45) is 5.09. The maximum Gasteiger partial charge on any atom is 0.0323 e. The number of hydrogen-bond donors (Lipinski definition) is 1. The van der Waals surface area contributed by atoms with Crippen molar-refractivity contribution >= 4 is 15.9 Å². The second-order valence-electron chi connectivity index (χ2n) is 4.20. The van der Waals surface area contributed by atoms with Crippen LogP contribution in [0.3, 0.4) is 0 Å². The summed E-state index contributed by atoms with van der Waals surface area (Å²) in [5.41, 5.74) is 2.98. The lowest BCUT2D eigenvalue weighted by Gasteiger charge is -2.26. The fraction of sp³-hybridized carbons (Fsp3) is 0.538. The van der Waals surface area contributed by atoms with Crippen LogP contribution in [0.25, 0.3) is 0 Å². The smallest absolute Gasteiger partial charge is 0.0323 e. The molecule has 1 atom stereocenters. The van der Waals surface area contributed by atoms with E-state index in [0.717, 1.165) is 6.42 Å². The molecule has 0 aromatic heterocycles. The van der Waals surface area contributed by atoms with Crippen molar-refractivity contribution in [3.63, 3.8) is 0 Å². The van der Waals surface area contributed by atoms with Gasteiger partial charge in [0.25, 0.3) is 0 Å². The van der Waals surface area contributed by atoms with E-state index >= 15 is 0 Å². The van der Waals surface area contributed by atoms with E-state index in [4.69, 9.17) is 0 Å². The molecule has 1 N–H and O–H groups in total. The third kappa shape index (κ3) is 2.61. The number of aryl methyl sites for hydroxylation is 1. The predicted octanol–water partition coefficient (Wildman–Crippen LogP) is 3.83. The van der Waals surface area contributed by atoms with Gasteiger partial charge in [0.2, 0.25) is 0 Å². The third-order valence-corrected chi connectivity index (χ3v) is 3.67. The van der Waals surface area contributed by atoms with Gasteiger partial charge in [0, 0.05) is 10.5 Å². The lowest BCUT2D eigenvalue weighted by molar-refractivity contribution is 0.410. The molecule has 1 nitrogen and oxygen atoms in total. The molecule has 1 heterocycles. The van der Waals surface area contributed by atoms with Crippen LogP contribution < -0.4 is 5.32 Å². The van der Waals surface area contributed by atoms with Crippen LogP contribution in [-0.2, 0) is 6.42 Å². The number of halogens is 1. The first kappa shape index (κ1) is 11.2. The topological polar surface area (TPSA) is 12.0 Å². The molecule has 0 radical (unpaired) electrons. The maximum absolute atomic E-state index is 3.62. The first-order valence-corrected chi connectivity index (χ1v) is 6.62. The minimum Gasteiger partial charge on any atom is -0.310 e. The number of rotatable bonds is 2. The first-order chi connectivity index (χ1) is 7.31. The van der Waals surface area contributed by atoms with E-state index in [-0.39, 0.29) is 0 Å². The molecule has 1 aromatic carbocycles. The van der Waals surface area contributed by atoms with Gasteiger partial charge in [-0.25, -0.2) is 0 Å². The SMILES string of the molecule is CCc1ccc(Br)cc1C1CCCCN1. The van der Waals surface area contributed by atoms with Crippen LogP contribution in [-0.4, -0.2) is 6.54 Å². The van der Waals surface area contributed by atoms with Gasteiger partial charge in [-0.1, -0.05) is 35.3 Å². The van der Waals surface area contributed by atoms with Crippen molar-refractivity contribution in [2.24, 2.45) is 0 Å². The van der Waals surface area contributed by atoms with E-state index < -0.39 is 0 Å². The molecule has 2 rings (SSSR count). The van der Waals surface area contributed by atoms with E-state index in [1.165, 1.54) is 41.4 Å². The Labute approximate surface area is 100 Å². The third-order valence-electron chi connectivity index (χ3n) is 3.17. The van der Waals surface area contributed by atoms with Gasteiger partial charge in [0.1, 0.15) is 0 Å². The van der Waals surface area contributed by atoms with Gasteiger partial charge in [-0.2, -0.15) is 0 Å². The van der Waals surface area contributed by atoms with Crippen LogP contribution in [0.1, 0.15) is 43.4 Å². The van der Waals surface area contributed by atoms with E-state index in [1.54, 1.807) is 0 Å². The fourth-order valence-electron chi connectivity index (χ4n) is 2.33. The van der Waals surface area contributed by atoms with Crippen molar-refractivity contribution in [2.45, 2.75) is 38.6 Å². The zero-order valence-electron chi connectivity index (χ0n) is 9.22. The van der Waals surface area contributed by atoms with Crippen molar-refractivity contribution in [1.82, 2.24) is 5.32 Å². The fourth-order valence-corrected chi connectivity index (χ4v) is 2.71. The molecule has 1 fully saturated rings. The molecule has 1 aliphatic rings. The Bertz CT molecular complexity index is 329. The Morgan fingerprint density at radius 2 is 2.27 bits per heavy atom. The van der Waals surface area contributed by atoms with Crippen molar-refractivity contribution < 1.29 is 0 Å². The molecule has 1 unspecified atom stereocenters. The van der Waals surface area contributed by atoms with Gasteiger partial charge in [-0.3, -0.25) is 0 Å². The largest absolute Gasteiger partial charge is 0.310 e. The highest BCUT2D eigenvalue weighted by Crippen LogP contribution is 2.28. The number of nitrogens with one attached hydrogen (secondary N) is 1. The highest BCUT2D eigenvalue weighted by molar-refractivity contribution is 9.10. The van der Waals surface area contributed by atoms with Crippen molar-refractivity contribution in [1.29, 1.82) is 0 Å². The maximum atomic E-state index is 3.62. The Kier molecular flexibility index (Phi) is 3.81. The van der Waals surface area contributed by atoms with Gasteiger partial charge in [-0.05, 0) is 49.1 Å². The molecule has 0 bridgehead atoms. The lowest BCUT2D eigenvalue weighted by Crippen LogP contribution is -2.27. The number of hydrogen-bond acceptors (Lipinski definition) is 1. The Hall–Kier alpha value is -0.340. The summed E-state index contributed by atoms with van der Waals surface area (Å²) in [4.78, 5) is 0. The summed E-state index contributed by atoms with van der Waals surface area (Å²) in [6, 6.07) is 7.24.